The highest BCUT2D eigenvalue weighted by molar-refractivity contribution is 6.32. The molecule has 0 unspecified atom stereocenters. The van der Waals surface area contributed by atoms with Crippen LogP contribution in [0, 0.1) is 5.41 Å². The topological polar surface area (TPSA) is 102 Å². The van der Waals surface area contributed by atoms with Gasteiger partial charge in [0, 0.05) is 12.1 Å². The second-order valence-electron chi connectivity index (χ2n) is 4.08. The number of primary amides is 1. The molecule has 104 valence electrons. The molecule has 0 radical (unpaired) electrons. The lowest BCUT2D eigenvalue weighted by Gasteiger charge is -2.09. The maximum Gasteiger partial charge on any atom is 0.217 e. The van der Waals surface area contributed by atoms with Gasteiger partial charge in [0.1, 0.15) is 5.75 Å². The average molecular weight is 284 g/mol. The van der Waals surface area contributed by atoms with E-state index < -0.39 is 5.91 Å². The number of rotatable bonds is 8. The molecule has 0 bridgehead atoms. The molecule has 6 heteroatoms. The molecule has 0 spiro atoms. The number of carbonyl (C=O) groups is 1. The molecule has 0 aliphatic carbocycles. The molecule has 5 nitrogen and oxygen atoms in total. The molecular weight excluding hydrogens is 266 g/mol. The fourth-order valence-electron chi connectivity index (χ4n) is 1.46. The lowest BCUT2D eigenvalue weighted by Crippen LogP contribution is -2.12. The van der Waals surface area contributed by atoms with E-state index in [-0.39, 0.29) is 6.42 Å². The average Bonchev–Trinajstić information content (AvgIpc) is 2.38. The number of ether oxygens (including phenoxy) is 1. The summed E-state index contributed by atoms with van der Waals surface area (Å²) in [6, 6.07) is 5.11. The van der Waals surface area contributed by atoms with Crippen molar-refractivity contribution >= 4 is 23.2 Å². The Morgan fingerprint density at radius 3 is 2.68 bits per heavy atom. The van der Waals surface area contributed by atoms with Gasteiger partial charge in [-0.3, -0.25) is 4.79 Å². The van der Waals surface area contributed by atoms with E-state index in [1.54, 1.807) is 18.2 Å². The zero-order valence-corrected chi connectivity index (χ0v) is 11.4. The summed E-state index contributed by atoms with van der Waals surface area (Å²) in [5, 5.41) is 8.28. The first kappa shape index (κ1) is 15.5. The molecule has 1 aromatic carbocycles. The lowest BCUT2D eigenvalue weighted by atomic mass is 10.1. The van der Waals surface area contributed by atoms with E-state index >= 15 is 0 Å². The van der Waals surface area contributed by atoms with Crippen molar-refractivity contribution in [1.29, 1.82) is 5.41 Å². The number of amides is 1. The van der Waals surface area contributed by atoms with E-state index in [9.17, 15) is 4.79 Å². The van der Waals surface area contributed by atoms with E-state index in [0.29, 0.717) is 41.6 Å². The molecule has 0 saturated heterocycles. The summed E-state index contributed by atoms with van der Waals surface area (Å²) >= 11 is 6.07. The van der Waals surface area contributed by atoms with Crippen LogP contribution in [0.15, 0.2) is 18.2 Å². The van der Waals surface area contributed by atoms with Crippen LogP contribution in [-0.2, 0) is 4.79 Å². The third-order valence-corrected chi connectivity index (χ3v) is 2.80. The fourth-order valence-corrected chi connectivity index (χ4v) is 1.70. The molecule has 0 heterocycles. The van der Waals surface area contributed by atoms with E-state index in [1.165, 1.54) is 0 Å². The summed E-state index contributed by atoms with van der Waals surface area (Å²) in [7, 11) is 0. The normalized spacial score (nSPS) is 10.2. The van der Waals surface area contributed by atoms with Crippen LogP contribution in [0.1, 0.15) is 24.8 Å². The highest BCUT2D eigenvalue weighted by Crippen LogP contribution is 2.26. The Morgan fingerprint density at radius 1 is 1.37 bits per heavy atom. The van der Waals surface area contributed by atoms with Crippen LogP contribution < -0.4 is 16.2 Å². The van der Waals surface area contributed by atoms with Crippen LogP contribution in [0.3, 0.4) is 0 Å². The van der Waals surface area contributed by atoms with Crippen LogP contribution in [-0.4, -0.2) is 24.8 Å². The Kier molecular flexibility index (Phi) is 6.32. The molecule has 5 N–H and O–H groups in total. The van der Waals surface area contributed by atoms with E-state index in [4.69, 9.17) is 33.2 Å². The number of nitrogens with two attached hydrogens (primary N) is 2. The Bertz CT molecular complexity index is 463. The molecule has 1 aromatic rings. The van der Waals surface area contributed by atoms with Crippen LogP contribution in [0.2, 0.25) is 5.02 Å². The Balaban J connectivity index is 2.65. The van der Waals surface area contributed by atoms with E-state index in [0.717, 1.165) is 6.42 Å². The number of hydrogen-bond acceptors (Lipinski definition) is 4. The largest absolute Gasteiger partial charge is 0.492 e. The summed E-state index contributed by atoms with van der Waals surface area (Å²) in [5.41, 5.74) is 11.4. The van der Waals surface area contributed by atoms with Crippen molar-refractivity contribution in [2.24, 2.45) is 11.5 Å². The molecule has 1 rings (SSSR count). The van der Waals surface area contributed by atoms with Crippen LogP contribution in [0.5, 0.6) is 5.75 Å². The zero-order chi connectivity index (χ0) is 14.3. The fraction of sp³-hybridized carbons (Fsp3) is 0.385. The van der Waals surface area contributed by atoms with Crippen molar-refractivity contribution in [1.82, 2.24) is 0 Å². The van der Waals surface area contributed by atoms with Gasteiger partial charge in [0.05, 0.1) is 11.6 Å². The van der Waals surface area contributed by atoms with E-state index in [1.807, 2.05) is 0 Å². The number of hydrogen-bond donors (Lipinski definition) is 3. The minimum atomic E-state index is -0.419. The lowest BCUT2D eigenvalue weighted by molar-refractivity contribution is -0.117. The Hall–Kier alpha value is -1.59. The second kappa shape index (κ2) is 7.76. The van der Waals surface area contributed by atoms with Crippen LogP contribution >= 0.6 is 11.6 Å². The first-order valence-electron chi connectivity index (χ1n) is 6.03. The minimum absolute atomic E-state index is 0.158. The van der Waals surface area contributed by atoms with Gasteiger partial charge in [-0.1, -0.05) is 11.6 Å². The predicted molar refractivity (Wildman–Crippen MR) is 75.9 cm³/mol. The van der Waals surface area contributed by atoms with Gasteiger partial charge in [-0.05, 0) is 43.1 Å². The molecule has 0 saturated carbocycles. The minimum Gasteiger partial charge on any atom is -0.492 e. The smallest absolute Gasteiger partial charge is 0.217 e. The number of benzene rings is 1. The molecule has 0 aliphatic heterocycles. The SMILES string of the molecule is N=C(CCC(N)=O)c1ccc(OCCCN)c(Cl)c1. The standard InChI is InChI=1S/C13H18ClN3O2/c14-10-8-9(11(16)3-5-13(17)18)2-4-12(10)19-7-1-6-15/h2,4,8,16H,1,3,5-7,15H2,(H2,17,18). The summed E-state index contributed by atoms with van der Waals surface area (Å²) < 4.78 is 5.45. The summed E-state index contributed by atoms with van der Waals surface area (Å²) in [6.07, 6.45) is 1.22. The molecule has 0 aliphatic rings. The van der Waals surface area contributed by atoms with Gasteiger partial charge >= 0.3 is 0 Å². The first-order valence-corrected chi connectivity index (χ1v) is 6.41. The van der Waals surface area contributed by atoms with Crippen molar-refractivity contribution in [2.75, 3.05) is 13.2 Å². The molecule has 0 atom stereocenters. The summed E-state index contributed by atoms with van der Waals surface area (Å²) in [4.78, 5) is 10.7. The maximum atomic E-state index is 10.7. The second-order valence-corrected chi connectivity index (χ2v) is 4.49. The number of nitrogens with one attached hydrogen (secondary N) is 1. The maximum absolute atomic E-state index is 10.7. The summed E-state index contributed by atoms with van der Waals surface area (Å²) in [5.74, 6) is 0.152. The van der Waals surface area contributed by atoms with Gasteiger partial charge in [0.15, 0.2) is 0 Å². The van der Waals surface area contributed by atoms with Crippen molar-refractivity contribution in [3.8, 4) is 5.75 Å². The summed E-state index contributed by atoms with van der Waals surface area (Å²) in [6.45, 7) is 1.07. The van der Waals surface area contributed by atoms with Gasteiger partial charge in [0.2, 0.25) is 5.91 Å². The number of halogens is 1. The molecule has 0 fully saturated rings. The predicted octanol–water partition coefficient (Wildman–Crippen LogP) is 1.70. The van der Waals surface area contributed by atoms with Crippen LogP contribution in [0.4, 0.5) is 0 Å². The molecule has 19 heavy (non-hydrogen) atoms. The monoisotopic (exact) mass is 283 g/mol. The van der Waals surface area contributed by atoms with Crippen molar-refractivity contribution < 1.29 is 9.53 Å². The van der Waals surface area contributed by atoms with E-state index in [2.05, 4.69) is 0 Å². The Labute approximate surface area is 117 Å². The van der Waals surface area contributed by atoms with Gasteiger partial charge in [0.25, 0.3) is 0 Å². The van der Waals surface area contributed by atoms with Crippen molar-refractivity contribution in [2.45, 2.75) is 19.3 Å². The third-order valence-electron chi connectivity index (χ3n) is 2.51. The first-order chi connectivity index (χ1) is 9.04. The molecular formula is C13H18ClN3O2. The van der Waals surface area contributed by atoms with Crippen molar-refractivity contribution in [3.05, 3.63) is 28.8 Å². The highest BCUT2D eigenvalue weighted by atomic mass is 35.5. The highest BCUT2D eigenvalue weighted by Gasteiger charge is 2.08. The van der Waals surface area contributed by atoms with Crippen molar-refractivity contribution in [3.63, 3.8) is 0 Å². The quantitative estimate of drug-likeness (QED) is 0.500. The van der Waals surface area contributed by atoms with Gasteiger partial charge in [-0.25, -0.2) is 0 Å². The van der Waals surface area contributed by atoms with Gasteiger partial charge < -0.3 is 21.6 Å². The zero-order valence-electron chi connectivity index (χ0n) is 10.6. The third kappa shape index (κ3) is 5.28. The van der Waals surface area contributed by atoms with Gasteiger partial charge in [-0.15, -0.1) is 0 Å². The molecule has 0 aromatic heterocycles. The Morgan fingerprint density at radius 2 is 2.11 bits per heavy atom. The number of carbonyl (C=O) groups excluding carboxylic acids is 1. The van der Waals surface area contributed by atoms with Gasteiger partial charge in [-0.2, -0.15) is 0 Å². The molecule has 1 amide bonds. The van der Waals surface area contributed by atoms with Crippen LogP contribution in [0.25, 0.3) is 0 Å².